The number of amides is 1. The molecule has 3 heterocycles. The van der Waals surface area contributed by atoms with Crippen LogP contribution in [0.25, 0.3) is 0 Å². The minimum absolute atomic E-state index is 0.152. The lowest BCUT2D eigenvalue weighted by molar-refractivity contribution is 0.102. The van der Waals surface area contributed by atoms with E-state index in [2.05, 4.69) is 10.4 Å². The minimum atomic E-state index is -0.152. The van der Waals surface area contributed by atoms with E-state index in [0.29, 0.717) is 28.8 Å². The number of aromatic nitrogens is 2. The van der Waals surface area contributed by atoms with Gasteiger partial charge in [-0.3, -0.25) is 4.79 Å². The Bertz CT molecular complexity index is 1010. The molecule has 1 aliphatic heterocycles. The van der Waals surface area contributed by atoms with Crippen LogP contribution in [0.3, 0.4) is 0 Å². The Labute approximate surface area is 166 Å². The van der Waals surface area contributed by atoms with Crippen molar-refractivity contribution in [3.63, 3.8) is 0 Å². The molecule has 0 aliphatic carbocycles. The summed E-state index contributed by atoms with van der Waals surface area (Å²) in [4.78, 5) is 13.2. The number of nitrogens with one attached hydrogen (secondary N) is 1. The maximum atomic E-state index is 12.6. The van der Waals surface area contributed by atoms with Crippen molar-refractivity contribution >= 4 is 23.1 Å². The van der Waals surface area contributed by atoms with Crippen LogP contribution in [0.2, 0.25) is 0 Å². The van der Waals surface area contributed by atoms with Crippen LogP contribution in [0.5, 0.6) is 17.2 Å². The third-order valence-electron chi connectivity index (χ3n) is 4.22. The van der Waals surface area contributed by atoms with Crippen molar-refractivity contribution in [3.8, 4) is 17.2 Å². The number of hydrogen-bond acceptors (Lipinski definition) is 6. The Balaban J connectivity index is 1.39. The topological polar surface area (TPSA) is 74.6 Å². The van der Waals surface area contributed by atoms with E-state index in [4.69, 9.17) is 14.2 Å². The second-order valence-corrected chi connectivity index (χ2v) is 7.70. The van der Waals surface area contributed by atoms with Crippen molar-refractivity contribution in [1.82, 2.24) is 9.78 Å². The molecule has 7 nitrogen and oxygen atoms in total. The lowest BCUT2D eigenvalue weighted by atomic mass is 10.3. The molecular weight excluding hydrogens is 378 g/mol. The number of carbonyl (C=O) groups excluding carboxylic acids is 1. The van der Waals surface area contributed by atoms with Gasteiger partial charge in [0.05, 0.1) is 10.6 Å². The summed E-state index contributed by atoms with van der Waals surface area (Å²) in [7, 11) is 0. The van der Waals surface area contributed by atoms with Crippen molar-refractivity contribution in [3.05, 3.63) is 51.8 Å². The Kier molecular flexibility index (Phi) is 4.95. The third-order valence-corrected chi connectivity index (χ3v) is 5.19. The van der Waals surface area contributed by atoms with Gasteiger partial charge >= 0.3 is 0 Å². The first kappa shape index (κ1) is 18.4. The number of hydrogen-bond donors (Lipinski definition) is 1. The molecule has 1 amide bonds. The predicted molar refractivity (Wildman–Crippen MR) is 107 cm³/mol. The van der Waals surface area contributed by atoms with Gasteiger partial charge in [-0.1, -0.05) is 0 Å². The van der Waals surface area contributed by atoms with Gasteiger partial charge in [0.25, 0.3) is 5.91 Å². The summed E-state index contributed by atoms with van der Waals surface area (Å²) in [5, 5.41) is 9.28. The first-order valence-electron chi connectivity index (χ1n) is 8.97. The molecular formula is C20H21N3O4S. The molecule has 1 aromatic carbocycles. The number of benzene rings is 1. The molecule has 0 bridgehead atoms. The van der Waals surface area contributed by atoms with Crippen molar-refractivity contribution in [2.75, 3.05) is 12.1 Å². The van der Waals surface area contributed by atoms with Crippen LogP contribution in [-0.4, -0.2) is 22.5 Å². The molecule has 8 heteroatoms. The molecule has 4 rings (SSSR count). The number of aryl methyl sites for hydroxylation is 1. The van der Waals surface area contributed by atoms with Gasteiger partial charge in [0.1, 0.15) is 18.2 Å². The van der Waals surface area contributed by atoms with Crippen LogP contribution in [0, 0.1) is 6.92 Å². The largest absolute Gasteiger partial charge is 0.489 e. The number of fused-ring (bicyclic) bond motifs is 1. The first-order chi connectivity index (χ1) is 13.5. The second kappa shape index (κ2) is 7.55. The average molecular weight is 399 g/mol. The van der Waals surface area contributed by atoms with Gasteiger partial charge in [0.2, 0.25) is 6.79 Å². The maximum absolute atomic E-state index is 12.6. The maximum Gasteiger partial charge on any atom is 0.266 e. The SMILES string of the molecule is Cc1cc(NC(=O)c2cc(COc3ccc4c(c3)OCO4)cs2)n(C(C)C)n1. The first-order valence-corrected chi connectivity index (χ1v) is 9.85. The highest BCUT2D eigenvalue weighted by Gasteiger charge is 2.16. The standard InChI is InChI=1S/C20H21N3O4S/c1-12(2)23-19(6-13(3)22-23)21-20(24)18-7-14(10-28-18)9-25-15-4-5-16-17(8-15)27-11-26-16/h4-8,10,12H,9,11H2,1-3H3,(H,21,24). The van der Waals surface area contributed by atoms with Crippen LogP contribution in [0.15, 0.2) is 35.7 Å². The normalized spacial score (nSPS) is 12.4. The summed E-state index contributed by atoms with van der Waals surface area (Å²) in [6.45, 7) is 6.56. The van der Waals surface area contributed by atoms with Crippen LogP contribution in [0.1, 0.15) is 40.8 Å². The van der Waals surface area contributed by atoms with E-state index < -0.39 is 0 Å². The number of nitrogens with zero attached hydrogens (tertiary/aromatic N) is 2. The highest BCUT2D eigenvalue weighted by atomic mass is 32.1. The van der Waals surface area contributed by atoms with Crippen molar-refractivity contribution in [2.24, 2.45) is 0 Å². The summed E-state index contributed by atoms with van der Waals surface area (Å²) >= 11 is 1.39. The molecule has 0 saturated carbocycles. The molecule has 0 fully saturated rings. The van der Waals surface area contributed by atoms with Gasteiger partial charge in [-0.15, -0.1) is 11.3 Å². The van der Waals surface area contributed by atoms with E-state index in [1.165, 1.54) is 11.3 Å². The number of thiophene rings is 1. The molecule has 0 spiro atoms. The van der Waals surface area contributed by atoms with Gasteiger partial charge in [-0.25, -0.2) is 4.68 Å². The summed E-state index contributed by atoms with van der Waals surface area (Å²) in [5.74, 6) is 2.64. The highest BCUT2D eigenvalue weighted by Crippen LogP contribution is 2.35. The fourth-order valence-corrected chi connectivity index (χ4v) is 3.68. The zero-order chi connectivity index (χ0) is 19.7. The van der Waals surface area contributed by atoms with Gasteiger partial charge in [0.15, 0.2) is 11.5 Å². The number of carbonyl (C=O) groups is 1. The van der Waals surface area contributed by atoms with Gasteiger partial charge in [-0.2, -0.15) is 5.10 Å². The summed E-state index contributed by atoms with van der Waals surface area (Å²) < 4.78 is 18.3. The molecule has 0 radical (unpaired) electrons. The molecule has 3 aromatic rings. The van der Waals surface area contributed by atoms with Crippen molar-refractivity contribution < 1.29 is 19.0 Å². The van der Waals surface area contributed by atoms with Crippen LogP contribution >= 0.6 is 11.3 Å². The lowest BCUT2D eigenvalue weighted by Crippen LogP contribution is -2.15. The molecule has 2 aromatic heterocycles. The number of ether oxygens (including phenoxy) is 3. The second-order valence-electron chi connectivity index (χ2n) is 6.79. The lowest BCUT2D eigenvalue weighted by Gasteiger charge is -2.11. The van der Waals surface area contributed by atoms with Crippen molar-refractivity contribution in [2.45, 2.75) is 33.4 Å². The zero-order valence-electron chi connectivity index (χ0n) is 15.9. The number of anilines is 1. The zero-order valence-corrected chi connectivity index (χ0v) is 16.7. The molecule has 1 N–H and O–H groups in total. The Hall–Kier alpha value is -3.00. The average Bonchev–Trinajstić information content (AvgIpc) is 3.38. The van der Waals surface area contributed by atoms with E-state index in [9.17, 15) is 4.79 Å². The van der Waals surface area contributed by atoms with Crippen LogP contribution in [-0.2, 0) is 6.61 Å². The fraction of sp³-hybridized carbons (Fsp3) is 0.300. The molecule has 0 atom stereocenters. The Morgan fingerprint density at radius 1 is 1.29 bits per heavy atom. The molecule has 0 saturated heterocycles. The Morgan fingerprint density at radius 3 is 2.93 bits per heavy atom. The summed E-state index contributed by atoms with van der Waals surface area (Å²) in [6, 6.07) is 9.34. The van der Waals surface area contributed by atoms with Gasteiger partial charge in [0, 0.05) is 23.7 Å². The van der Waals surface area contributed by atoms with E-state index in [1.807, 2.05) is 55.1 Å². The molecule has 0 unspecified atom stereocenters. The number of rotatable bonds is 6. The molecule has 1 aliphatic rings. The van der Waals surface area contributed by atoms with Crippen LogP contribution < -0.4 is 19.5 Å². The van der Waals surface area contributed by atoms with E-state index >= 15 is 0 Å². The van der Waals surface area contributed by atoms with Crippen LogP contribution in [0.4, 0.5) is 5.82 Å². The molecule has 146 valence electrons. The molecule has 28 heavy (non-hydrogen) atoms. The monoisotopic (exact) mass is 399 g/mol. The Morgan fingerprint density at radius 2 is 2.11 bits per heavy atom. The van der Waals surface area contributed by atoms with E-state index in [0.717, 1.165) is 17.0 Å². The van der Waals surface area contributed by atoms with E-state index in [1.54, 1.807) is 6.07 Å². The quantitative estimate of drug-likeness (QED) is 0.665. The predicted octanol–water partition coefficient (Wildman–Crippen LogP) is 4.39. The van der Waals surface area contributed by atoms with Crippen molar-refractivity contribution in [1.29, 1.82) is 0 Å². The van der Waals surface area contributed by atoms with Gasteiger partial charge in [-0.05, 0) is 44.4 Å². The summed E-state index contributed by atoms with van der Waals surface area (Å²) in [6.07, 6.45) is 0. The third kappa shape index (κ3) is 3.82. The summed E-state index contributed by atoms with van der Waals surface area (Å²) in [5.41, 5.74) is 1.80. The fourth-order valence-electron chi connectivity index (χ4n) is 2.89. The van der Waals surface area contributed by atoms with Gasteiger partial charge < -0.3 is 19.5 Å². The highest BCUT2D eigenvalue weighted by molar-refractivity contribution is 7.12. The van der Waals surface area contributed by atoms with E-state index in [-0.39, 0.29) is 18.7 Å². The smallest absolute Gasteiger partial charge is 0.266 e. The minimum Gasteiger partial charge on any atom is -0.489 e.